The van der Waals surface area contributed by atoms with Crippen molar-refractivity contribution in [2.24, 2.45) is 0 Å². The highest BCUT2D eigenvalue weighted by Crippen LogP contribution is 2.28. The predicted octanol–water partition coefficient (Wildman–Crippen LogP) is 2.25. The molecular weight excluding hydrogens is 350 g/mol. The first-order valence-electron chi connectivity index (χ1n) is 9.66. The van der Waals surface area contributed by atoms with E-state index < -0.39 is 10.0 Å². The second kappa shape index (κ2) is 7.15. The maximum absolute atomic E-state index is 12.4. The van der Waals surface area contributed by atoms with Gasteiger partial charge in [0.15, 0.2) is 11.5 Å². The number of pyridine rings is 1. The molecule has 4 rings (SSSR count). The summed E-state index contributed by atoms with van der Waals surface area (Å²) in [5.41, 5.74) is 2.01. The molecule has 1 atom stereocenters. The van der Waals surface area contributed by atoms with Crippen molar-refractivity contribution in [2.45, 2.75) is 44.9 Å². The van der Waals surface area contributed by atoms with E-state index in [1.54, 1.807) is 4.31 Å². The minimum Gasteiger partial charge on any atom is -0.370 e. The van der Waals surface area contributed by atoms with E-state index >= 15 is 0 Å². The van der Waals surface area contributed by atoms with Crippen molar-refractivity contribution in [1.29, 1.82) is 0 Å². The van der Waals surface area contributed by atoms with Gasteiger partial charge in [0.1, 0.15) is 0 Å². The smallest absolute Gasteiger partial charge is 0.214 e. The van der Waals surface area contributed by atoms with Gasteiger partial charge in [0.2, 0.25) is 10.0 Å². The molecule has 2 aliphatic heterocycles. The Morgan fingerprint density at radius 2 is 1.96 bits per heavy atom. The van der Waals surface area contributed by atoms with Gasteiger partial charge < -0.3 is 4.90 Å². The molecule has 0 unspecified atom stereocenters. The van der Waals surface area contributed by atoms with Crippen molar-refractivity contribution in [2.75, 3.05) is 36.8 Å². The fourth-order valence-corrected chi connectivity index (χ4v) is 5.61. The molecule has 2 saturated heterocycles. The predicted molar refractivity (Wildman–Crippen MR) is 102 cm³/mol. The van der Waals surface area contributed by atoms with Gasteiger partial charge in [0, 0.05) is 32.1 Å². The molecule has 0 saturated carbocycles. The van der Waals surface area contributed by atoms with Crippen molar-refractivity contribution in [1.82, 2.24) is 18.9 Å². The SMILES string of the molecule is CCCS(=O)(=O)N1CCC[C@H](c2nc3ccc(N4CCCC4)cn3n2)C1. The molecule has 0 aliphatic carbocycles. The molecule has 2 aliphatic rings. The topological polar surface area (TPSA) is 70.8 Å². The van der Waals surface area contributed by atoms with Crippen LogP contribution in [0.15, 0.2) is 18.3 Å². The van der Waals surface area contributed by atoms with Crippen LogP contribution in [-0.2, 0) is 10.0 Å². The van der Waals surface area contributed by atoms with Crippen molar-refractivity contribution < 1.29 is 8.42 Å². The number of hydrogen-bond acceptors (Lipinski definition) is 5. The molecule has 2 aromatic heterocycles. The Morgan fingerprint density at radius 3 is 2.73 bits per heavy atom. The summed E-state index contributed by atoms with van der Waals surface area (Å²) in [6, 6.07) is 4.12. The lowest BCUT2D eigenvalue weighted by molar-refractivity contribution is 0.309. The van der Waals surface area contributed by atoms with E-state index in [0.717, 1.165) is 37.4 Å². The summed E-state index contributed by atoms with van der Waals surface area (Å²) < 4.78 is 28.3. The lowest BCUT2D eigenvalue weighted by atomic mass is 9.99. The van der Waals surface area contributed by atoms with Crippen LogP contribution in [0, 0.1) is 0 Å². The van der Waals surface area contributed by atoms with Crippen LogP contribution in [-0.4, -0.2) is 59.3 Å². The third-order valence-electron chi connectivity index (χ3n) is 5.41. The maximum atomic E-state index is 12.4. The number of aromatic nitrogens is 3. The summed E-state index contributed by atoms with van der Waals surface area (Å²) in [7, 11) is -3.16. The van der Waals surface area contributed by atoms with Crippen molar-refractivity contribution in [3.05, 3.63) is 24.2 Å². The van der Waals surface area contributed by atoms with E-state index in [1.807, 2.05) is 23.7 Å². The van der Waals surface area contributed by atoms with Gasteiger partial charge in [0.05, 0.1) is 17.6 Å². The molecule has 8 heteroatoms. The summed E-state index contributed by atoms with van der Waals surface area (Å²) in [4.78, 5) is 7.05. The molecule has 2 fully saturated rings. The van der Waals surface area contributed by atoms with E-state index in [-0.39, 0.29) is 11.7 Å². The second-order valence-electron chi connectivity index (χ2n) is 7.37. The summed E-state index contributed by atoms with van der Waals surface area (Å²) in [6.07, 6.45) is 6.98. The van der Waals surface area contributed by atoms with Crippen LogP contribution in [0.1, 0.15) is 50.8 Å². The Balaban J connectivity index is 1.56. The minimum atomic E-state index is -3.16. The monoisotopic (exact) mass is 377 g/mol. The van der Waals surface area contributed by atoms with E-state index in [9.17, 15) is 8.42 Å². The highest BCUT2D eigenvalue weighted by atomic mass is 32.2. The van der Waals surface area contributed by atoms with E-state index in [1.165, 1.54) is 18.5 Å². The average molecular weight is 378 g/mol. The van der Waals surface area contributed by atoms with Crippen molar-refractivity contribution in [3.63, 3.8) is 0 Å². The van der Waals surface area contributed by atoms with Crippen LogP contribution in [0.5, 0.6) is 0 Å². The van der Waals surface area contributed by atoms with Gasteiger partial charge in [-0.15, -0.1) is 0 Å². The van der Waals surface area contributed by atoms with Crippen LogP contribution in [0.25, 0.3) is 5.65 Å². The summed E-state index contributed by atoms with van der Waals surface area (Å²) in [5, 5.41) is 4.69. The molecule has 0 N–H and O–H groups in total. The lowest BCUT2D eigenvalue weighted by Crippen LogP contribution is -2.40. The molecule has 0 spiro atoms. The summed E-state index contributed by atoms with van der Waals surface area (Å²) in [5.74, 6) is 1.06. The average Bonchev–Trinajstić information content (AvgIpc) is 3.31. The van der Waals surface area contributed by atoms with Gasteiger partial charge in [-0.3, -0.25) is 0 Å². The molecule has 2 aromatic rings. The Bertz CT molecular complexity index is 873. The number of piperidine rings is 1. The highest BCUT2D eigenvalue weighted by molar-refractivity contribution is 7.89. The molecule has 0 bridgehead atoms. The summed E-state index contributed by atoms with van der Waals surface area (Å²) >= 11 is 0. The Morgan fingerprint density at radius 1 is 1.15 bits per heavy atom. The Kier molecular flexibility index (Phi) is 4.88. The molecule has 0 aromatic carbocycles. The van der Waals surface area contributed by atoms with Gasteiger partial charge in [-0.25, -0.2) is 22.2 Å². The zero-order valence-electron chi connectivity index (χ0n) is 15.3. The van der Waals surface area contributed by atoms with Crippen LogP contribution >= 0.6 is 0 Å². The van der Waals surface area contributed by atoms with Gasteiger partial charge >= 0.3 is 0 Å². The normalized spacial score (nSPS) is 22.3. The number of sulfonamides is 1. The fraction of sp³-hybridized carbons (Fsp3) is 0.667. The van der Waals surface area contributed by atoms with Crippen LogP contribution < -0.4 is 4.90 Å². The first-order chi connectivity index (χ1) is 12.6. The highest BCUT2D eigenvalue weighted by Gasteiger charge is 2.31. The van der Waals surface area contributed by atoms with Crippen LogP contribution in [0.4, 0.5) is 5.69 Å². The first kappa shape index (κ1) is 17.7. The van der Waals surface area contributed by atoms with E-state index in [2.05, 4.69) is 21.0 Å². The molecule has 0 radical (unpaired) electrons. The van der Waals surface area contributed by atoms with Crippen molar-refractivity contribution >= 4 is 21.4 Å². The number of nitrogens with zero attached hydrogens (tertiary/aromatic N) is 5. The minimum absolute atomic E-state index is 0.0746. The third kappa shape index (κ3) is 3.44. The largest absolute Gasteiger partial charge is 0.370 e. The van der Waals surface area contributed by atoms with Gasteiger partial charge in [0.25, 0.3) is 0 Å². The molecule has 4 heterocycles. The first-order valence-corrected chi connectivity index (χ1v) is 11.3. The molecule has 26 heavy (non-hydrogen) atoms. The fourth-order valence-electron chi connectivity index (χ4n) is 4.02. The van der Waals surface area contributed by atoms with Gasteiger partial charge in [-0.05, 0) is 44.2 Å². The number of rotatable bonds is 5. The van der Waals surface area contributed by atoms with E-state index in [0.29, 0.717) is 19.5 Å². The zero-order chi connectivity index (χ0) is 18.1. The molecule has 7 nitrogen and oxygen atoms in total. The maximum Gasteiger partial charge on any atom is 0.214 e. The van der Waals surface area contributed by atoms with Crippen LogP contribution in [0.2, 0.25) is 0 Å². The molecular formula is C18H27N5O2S. The Labute approximate surface area is 155 Å². The quantitative estimate of drug-likeness (QED) is 0.799. The van der Waals surface area contributed by atoms with Gasteiger partial charge in [-0.1, -0.05) is 6.92 Å². The Hall–Kier alpha value is -1.67. The molecule has 0 amide bonds. The number of fused-ring (bicyclic) bond motifs is 1. The van der Waals surface area contributed by atoms with Crippen molar-refractivity contribution in [3.8, 4) is 0 Å². The van der Waals surface area contributed by atoms with E-state index in [4.69, 9.17) is 0 Å². The summed E-state index contributed by atoms with van der Waals surface area (Å²) in [6.45, 7) is 5.21. The number of anilines is 1. The number of hydrogen-bond donors (Lipinski definition) is 0. The third-order valence-corrected chi connectivity index (χ3v) is 7.45. The lowest BCUT2D eigenvalue weighted by Gasteiger charge is -2.30. The van der Waals surface area contributed by atoms with Gasteiger partial charge in [-0.2, -0.15) is 5.10 Å². The second-order valence-corrected chi connectivity index (χ2v) is 9.46. The zero-order valence-corrected chi connectivity index (χ0v) is 16.2. The standard InChI is InChI=1S/C18H27N5O2S/c1-2-12-26(24,25)22-11-5-6-15(13-22)18-19-17-8-7-16(14-23(17)20-18)21-9-3-4-10-21/h7-8,14-15H,2-6,9-13H2,1H3/t15-/m0/s1. The van der Waals surface area contributed by atoms with Crippen LogP contribution in [0.3, 0.4) is 0 Å². The molecule has 142 valence electrons.